The van der Waals surface area contributed by atoms with Gasteiger partial charge in [0.25, 0.3) is 0 Å². The minimum Gasteiger partial charge on any atom is -0.497 e. The molecule has 1 aliphatic heterocycles. The molecule has 0 spiro atoms. The van der Waals surface area contributed by atoms with Gasteiger partial charge in [-0.25, -0.2) is 4.98 Å². The first kappa shape index (κ1) is 17.6. The molecule has 0 atom stereocenters. The van der Waals surface area contributed by atoms with Crippen molar-refractivity contribution in [2.45, 2.75) is 0 Å². The SMILES string of the molecule is COc1cccc(N2CCN(CCNc3ccc4ccccc4n3)CC2)c1. The predicted molar refractivity (Wildman–Crippen MR) is 112 cm³/mol. The molecule has 0 amide bonds. The highest BCUT2D eigenvalue weighted by Gasteiger charge is 2.17. The summed E-state index contributed by atoms with van der Waals surface area (Å²) < 4.78 is 5.34. The average Bonchev–Trinajstić information content (AvgIpc) is 2.74. The van der Waals surface area contributed by atoms with E-state index in [1.165, 1.54) is 11.1 Å². The van der Waals surface area contributed by atoms with Crippen LogP contribution in [0.3, 0.4) is 0 Å². The molecule has 4 rings (SSSR count). The standard InChI is InChI=1S/C22H26N4O/c1-27-20-7-4-6-19(17-20)26-15-13-25(14-16-26)12-11-23-22-10-9-18-5-2-3-8-21(18)24-22/h2-10,17H,11-16H2,1H3,(H,23,24). The molecule has 1 saturated heterocycles. The van der Waals surface area contributed by atoms with Crippen molar-refractivity contribution < 1.29 is 4.74 Å². The summed E-state index contributed by atoms with van der Waals surface area (Å²) in [7, 11) is 1.72. The number of rotatable bonds is 6. The minimum atomic E-state index is 0.907. The van der Waals surface area contributed by atoms with E-state index in [1.807, 2.05) is 18.2 Å². The third kappa shape index (κ3) is 4.31. The maximum absolute atomic E-state index is 5.34. The lowest BCUT2D eigenvalue weighted by molar-refractivity contribution is 0.267. The molecule has 0 unspecified atom stereocenters. The van der Waals surface area contributed by atoms with E-state index in [1.54, 1.807) is 7.11 Å². The number of hydrogen-bond donors (Lipinski definition) is 1. The highest BCUT2D eigenvalue weighted by Crippen LogP contribution is 2.22. The Morgan fingerprint density at radius 1 is 0.963 bits per heavy atom. The predicted octanol–water partition coefficient (Wildman–Crippen LogP) is 3.48. The molecule has 140 valence electrons. The summed E-state index contributed by atoms with van der Waals surface area (Å²) in [6.07, 6.45) is 0. The van der Waals surface area contributed by atoms with E-state index in [-0.39, 0.29) is 0 Å². The van der Waals surface area contributed by atoms with E-state index in [0.29, 0.717) is 0 Å². The van der Waals surface area contributed by atoms with Crippen molar-refractivity contribution in [1.29, 1.82) is 0 Å². The topological polar surface area (TPSA) is 40.6 Å². The number of piperazine rings is 1. The molecule has 1 N–H and O–H groups in total. The largest absolute Gasteiger partial charge is 0.497 e. The number of ether oxygens (including phenoxy) is 1. The van der Waals surface area contributed by atoms with Crippen LogP contribution in [0.2, 0.25) is 0 Å². The van der Waals surface area contributed by atoms with Crippen LogP contribution in [0.25, 0.3) is 10.9 Å². The second-order valence-corrected chi connectivity index (χ2v) is 6.85. The summed E-state index contributed by atoms with van der Waals surface area (Å²) in [6, 6.07) is 20.7. The van der Waals surface area contributed by atoms with E-state index < -0.39 is 0 Å². The van der Waals surface area contributed by atoms with Crippen LogP contribution in [0.4, 0.5) is 11.5 Å². The molecule has 0 aliphatic carbocycles. The highest BCUT2D eigenvalue weighted by atomic mass is 16.5. The van der Waals surface area contributed by atoms with Gasteiger partial charge in [-0.15, -0.1) is 0 Å². The molecule has 2 heterocycles. The third-order valence-electron chi connectivity index (χ3n) is 5.12. The zero-order valence-electron chi connectivity index (χ0n) is 15.8. The minimum absolute atomic E-state index is 0.907. The quantitative estimate of drug-likeness (QED) is 0.727. The van der Waals surface area contributed by atoms with Crippen LogP contribution in [0, 0.1) is 0 Å². The summed E-state index contributed by atoms with van der Waals surface area (Å²) >= 11 is 0. The maximum atomic E-state index is 5.34. The second-order valence-electron chi connectivity index (χ2n) is 6.85. The molecule has 1 fully saturated rings. The summed E-state index contributed by atoms with van der Waals surface area (Å²) in [6.45, 7) is 6.17. The fourth-order valence-corrected chi connectivity index (χ4v) is 3.54. The van der Waals surface area contributed by atoms with Crippen molar-refractivity contribution in [1.82, 2.24) is 9.88 Å². The number of nitrogens with one attached hydrogen (secondary N) is 1. The van der Waals surface area contributed by atoms with Crippen molar-refractivity contribution in [2.75, 3.05) is 56.6 Å². The molecule has 5 nitrogen and oxygen atoms in total. The summed E-state index contributed by atoms with van der Waals surface area (Å²) in [4.78, 5) is 9.61. The molecule has 0 bridgehead atoms. The fourth-order valence-electron chi connectivity index (χ4n) is 3.54. The van der Waals surface area contributed by atoms with Gasteiger partial charge < -0.3 is 15.0 Å². The van der Waals surface area contributed by atoms with Crippen molar-refractivity contribution in [2.24, 2.45) is 0 Å². The van der Waals surface area contributed by atoms with Crippen molar-refractivity contribution in [3.8, 4) is 5.75 Å². The monoisotopic (exact) mass is 362 g/mol. The van der Waals surface area contributed by atoms with Crippen molar-refractivity contribution >= 4 is 22.4 Å². The molecule has 1 aromatic heterocycles. The lowest BCUT2D eigenvalue weighted by atomic mass is 10.2. The Labute approximate surface area is 160 Å². The molecular formula is C22H26N4O. The van der Waals surface area contributed by atoms with Crippen LogP contribution >= 0.6 is 0 Å². The van der Waals surface area contributed by atoms with Gasteiger partial charge >= 0.3 is 0 Å². The number of methoxy groups -OCH3 is 1. The Kier molecular flexibility index (Phi) is 5.39. The van der Waals surface area contributed by atoms with E-state index in [0.717, 1.165) is 56.4 Å². The van der Waals surface area contributed by atoms with Gasteiger partial charge in [-0.1, -0.05) is 24.3 Å². The molecule has 5 heteroatoms. The number of para-hydroxylation sites is 1. The van der Waals surface area contributed by atoms with Gasteiger partial charge in [0.15, 0.2) is 0 Å². The molecule has 1 aliphatic rings. The zero-order chi connectivity index (χ0) is 18.5. The van der Waals surface area contributed by atoms with Crippen LogP contribution < -0.4 is 15.0 Å². The van der Waals surface area contributed by atoms with Gasteiger partial charge in [-0.2, -0.15) is 0 Å². The van der Waals surface area contributed by atoms with Gasteiger partial charge in [-0.05, 0) is 30.3 Å². The lowest BCUT2D eigenvalue weighted by Gasteiger charge is -2.36. The Bertz CT molecular complexity index is 890. The van der Waals surface area contributed by atoms with Crippen LogP contribution in [0.5, 0.6) is 5.75 Å². The highest BCUT2D eigenvalue weighted by molar-refractivity contribution is 5.80. The number of pyridine rings is 1. The van der Waals surface area contributed by atoms with E-state index in [9.17, 15) is 0 Å². The number of fused-ring (bicyclic) bond motifs is 1. The van der Waals surface area contributed by atoms with Crippen molar-refractivity contribution in [3.05, 3.63) is 60.7 Å². The molecule has 2 aromatic carbocycles. The number of nitrogens with zero attached hydrogens (tertiary/aromatic N) is 3. The number of hydrogen-bond acceptors (Lipinski definition) is 5. The lowest BCUT2D eigenvalue weighted by Crippen LogP contribution is -2.47. The smallest absolute Gasteiger partial charge is 0.126 e. The first-order valence-corrected chi connectivity index (χ1v) is 9.53. The fraction of sp³-hybridized carbons (Fsp3) is 0.318. The number of aromatic nitrogens is 1. The summed E-state index contributed by atoms with van der Waals surface area (Å²) in [5, 5.41) is 4.64. The maximum Gasteiger partial charge on any atom is 0.126 e. The molecule has 0 saturated carbocycles. The van der Waals surface area contributed by atoms with Crippen molar-refractivity contribution in [3.63, 3.8) is 0 Å². The molecule has 27 heavy (non-hydrogen) atoms. The Morgan fingerprint density at radius 2 is 1.81 bits per heavy atom. The normalized spacial score (nSPS) is 15.1. The zero-order valence-corrected chi connectivity index (χ0v) is 15.8. The first-order chi connectivity index (χ1) is 13.3. The van der Waals surface area contributed by atoms with Crippen LogP contribution in [-0.2, 0) is 0 Å². The van der Waals surface area contributed by atoms with E-state index in [4.69, 9.17) is 4.74 Å². The number of benzene rings is 2. The van der Waals surface area contributed by atoms with Gasteiger partial charge in [-0.3, -0.25) is 4.90 Å². The Morgan fingerprint density at radius 3 is 2.67 bits per heavy atom. The van der Waals surface area contributed by atoms with Gasteiger partial charge in [0.2, 0.25) is 0 Å². The van der Waals surface area contributed by atoms with Crippen LogP contribution in [0.1, 0.15) is 0 Å². The van der Waals surface area contributed by atoms with Crippen LogP contribution in [0.15, 0.2) is 60.7 Å². The first-order valence-electron chi connectivity index (χ1n) is 9.53. The second kappa shape index (κ2) is 8.27. The average molecular weight is 362 g/mol. The summed E-state index contributed by atoms with van der Waals surface area (Å²) in [5.41, 5.74) is 2.28. The number of anilines is 2. The Balaban J connectivity index is 1.25. The third-order valence-corrected chi connectivity index (χ3v) is 5.12. The van der Waals surface area contributed by atoms with Gasteiger partial charge in [0.05, 0.1) is 12.6 Å². The van der Waals surface area contributed by atoms with Gasteiger partial charge in [0.1, 0.15) is 11.6 Å². The Hall–Kier alpha value is -2.79. The molecule has 3 aromatic rings. The molecular weight excluding hydrogens is 336 g/mol. The molecule has 0 radical (unpaired) electrons. The van der Waals surface area contributed by atoms with E-state index in [2.05, 4.69) is 62.6 Å². The van der Waals surface area contributed by atoms with Crippen LogP contribution in [-0.4, -0.2) is 56.3 Å². The summed E-state index contributed by atoms with van der Waals surface area (Å²) in [5.74, 6) is 1.87. The van der Waals surface area contributed by atoms with Gasteiger partial charge in [0, 0.05) is 56.4 Å². The van der Waals surface area contributed by atoms with E-state index >= 15 is 0 Å².